The molecule has 28 heavy (non-hydrogen) atoms. The van der Waals surface area contributed by atoms with Crippen LogP contribution in [0.5, 0.6) is 5.75 Å². The molecule has 1 N–H and O–H groups in total. The first kappa shape index (κ1) is 21.4. The second-order valence-corrected chi connectivity index (χ2v) is 8.90. The van der Waals surface area contributed by atoms with Gasteiger partial charge in [0, 0.05) is 6.54 Å². The Labute approximate surface area is 163 Å². The van der Waals surface area contributed by atoms with E-state index in [1.165, 1.54) is 24.3 Å². The van der Waals surface area contributed by atoms with Crippen LogP contribution < -0.4 is 10.1 Å². The maximum atomic E-state index is 12.8. The minimum atomic E-state index is -3.46. The zero-order valence-corrected chi connectivity index (χ0v) is 16.4. The monoisotopic (exact) mass is 404 g/mol. The molecule has 0 saturated heterocycles. The van der Waals surface area contributed by atoms with Gasteiger partial charge in [-0.15, -0.1) is 0 Å². The summed E-state index contributed by atoms with van der Waals surface area (Å²) >= 11 is 0. The molecule has 0 spiro atoms. The van der Waals surface area contributed by atoms with Crippen LogP contribution in [0.25, 0.3) is 0 Å². The molecule has 2 aromatic rings. The standard InChI is InChI=1S/C20H21FN2O4S/c1-14(12-23-20(24)27-19-9-7-18(21)8-10-19)13-28(25,26)15(2)17-5-3-16(11-22)4-6-17/h3-10,14-15H,12-13H2,1-2H3,(H,23,24). The molecule has 0 aliphatic rings. The van der Waals surface area contributed by atoms with Crippen molar-refractivity contribution in [3.05, 3.63) is 65.5 Å². The number of benzene rings is 2. The van der Waals surface area contributed by atoms with Gasteiger partial charge in [0.2, 0.25) is 0 Å². The second-order valence-electron chi connectivity index (χ2n) is 6.54. The van der Waals surface area contributed by atoms with Gasteiger partial charge in [-0.25, -0.2) is 17.6 Å². The summed E-state index contributed by atoms with van der Waals surface area (Å²) in [5.74, 6) is -0.714. The minimum absolute atomic E-state index is 0.110. The Morgan fingerprint density at radius 3 is 2.32 bits per heavy atom. The minimum Gasteiger partial charge on any atom is -0.410 e. The summed E-state index contributed by atoms with van der Waals surface area (Å²) in [6, 6.07) is 13.4. The molecule has 2 atom stereocenters. The lowest BCUT2D eigenvalue weighted by molar-refractivity contribution is 0.199. The predicted octanol–water partition coefficient (Wildman–Crippen LogP) is 3.60. The van der Waals surface area contributed by atoms with E-state index in [0.717, 1.165) is 0 Å². The average Bonchev–Trinajstić information content (AvgIpc) is 2.67. The second kappa shape index (κ2) is 9.33. The van der Waals surface area contributed by atoms with Gasteiger partial charge in [-0.2, -0.15) is 5.26 Å². The molecule has 1 amide bonds. The molecule has 0 aliphatic heterocycles. The smallest absolute Gasteiger partial charge is 0.410 e. The number of halogens is 1. The van der Waals surface area contributed by atoms with Crippen molar-refractivity contribution in [2.24, 2.45) is 5.92 Å². The summed E-state index contributed by atoms with van der Waals surface area (Å²) < 4.78 is 43.1. The van der Waals surface area contributed by atoms with E-state index in [2.05, 4.69) is 5.32 Å². The van der Waals surface area contributed by atoms with Crippen LogP contribution in [-0.2, 0) is 9.84 Å². The number of sulfone groups is 1. The van der Waals surface area contributed by atoms with Gasteiger partial charge >= 0.3 is 6.09 Å². The molecule has 0 fully saturated rings. The molecule has 8 heteroatoms. The van der Waals surface area contributed by atoms with Gasteiger partial charge in [0.25, 0.3) is 0 Å². The van der Waals surface area contributed by atoms with Crippen molar-refractivity contribution in [3.63, 3.8) is 0 Å². The first-order chi connectivity index (χ1) is 13.2. The number of amides is 1. The van der Waals surface area contributed by atoms with Crippen molar-refractivity contribution in [1.82, 2.24) is 5.32 Å². The number of hydrogen-bond acceptors (Lipinski definition) is 5. The highest BCUT2D eigenvalue weighted by Gasteiger charge is 2.25. The van der Waals surface area contributed by atoms with E-state index in [-0.39, 0.29) is 24.0 Å². The Hall–Kier alpha value is -2.92. The van der Waals surface area contributed by atoms with Crippen LogP contribution >= 0.6 is 0 Å². The number of carbonyl (C=O) groups is 1. The number of nitriles is 1. The van der Waals surface area contributed by atoms with Gasteiger partial charge in [0.15, 0.2) is 9.84 Å². The lowest BCUT2D eigenvalue weighted by atomic mass is 10.1. The van der Waals surface area contributed by atoms with Crippen LogP contribution in [0.15, 0.2) is 48.5 Å². The first-order valence-electron chi connectivity index (χ1n) is 8.64. The molecule has 2 rings (SSSR count). The quantitative estimate of drug-likeness (QED) is 0.761. The molecule has 0 aliphatic carbocycles. The van der Waals surface area contributed by atoms with Crippen LogP contribution in [0.2, 0.25) is 0 Å². The summed E-state index contributed by atoms with van der Waals surface area (Å²) in [6.45, 7) is 3.42. The lowest BCUT2D eigenvalue weighted by Gasteiger charge is -2.17. The van der Waals surface area contributed by atoms with Crippen LogP contribution in [-0.4, -0.2) is 26.8 Å². The highest BCUT2D eigenvalue weighted by Crippen LogP contribution is 2.24. The van der Waals surface area contributed by atoms with E-state index >= 15 is 0 Å². The molecule has 6 nitrogen and oxygen atoms in total. The molecule has 2 aromatic carbocycles. The summed E-state index contributed by atoms with van der Waals surface area (Å²) in [5.41, 5.74) is 1.07. The highest BCUT2D eigenvalue weighted by molar-refractivity contribution is 7.91. The van der Waals surface area contributed by atoms with E-state index in [9.17, 15) is 17.6 Å². The molecule has 0 aromatic heterocycles. The van der Waals surface area contributed by atoms with Gasteiger partial charge in [-0.05, 0) is 54.8 Å². The van der Waals surface area contributed by atoms with Crippen LogP contribution in [0.3, 0.4) is 0 Å². The summed E-state index contributed by atoms with van der Waals surface area (Å²) in [6.07, 6.45) is -0.740. The Kier molecular flexibility index (Phi) is 7.12. The molecule has 0 saturated carbocycles. The third kappa shape index (κ3) is 6.06. The normalized spacial score (nSPS) is 13.2. The number of ether oxygens (including phenoxy) is 1. The van der Waals surface area contributed by atoms with E-state index < -0.39 is 27.0 Å². The zero-order valence-electron chi connectivity index (χ0n) is 15.6. The largest absolute Gasteiger partial charge is 0.412 e. The predicted molar refractivity (Wildman–Crippen MR) is 103 cm³/mol. The van der Waals surface area contributed by atoms with Crippen LogP contribution in [0, 0.1) is 23.1 Å². The van der Waals surface area contributed by atoms with Gasteiger partial charge < -0.3 is 10.1 Å². The number of nitrogens with one attached hydrogen (secondary N) is 1. The van der Waals surface area contributed by atoms with Crippen molar-refractivity contribution in [2.75, 3.05) is 12.3 Å². The van der Waals surface area contributed by atoms with E-state index in [0.29, 0.717) is 11.1 Å². The number of carbonyl (C=O) groups excluding carboxylic acids is 1. The fourth-order valence-corrected chi connectivity index (χ4v) is 4.31. The third-order valence-corrected chi connectivity index (χ3v) is 6.57. The number of rotatable bonds is 7. The van der Waals surface area contributed by atoms with Crippen molar-refractivity contribution in [1.29, 1.82) is 5.26 Å². The Bertz CT molecular complexity index is 951. The SMILES string of the molecule is CC(CNC(=O)Oc1ccc(F)cc1)CS(=O)(=O)C(C)c1ccc(C#N)cc1. The van der Waals surface area contributed by atoms with Crippen molar-refractivity contribution in [2.45, 2.75) is 19.1 Å². The van der Waals surface area contributed by atoms with Gasteiger partial charge in [-0.1, -0.05) is 19.1 Å². The van der Waals surface area contributed by atoms with Gasteiger partial charge in [-0.3, -0.25) is 0 Å². The highest BCUT2D eigenvalue weighted by atomic mass is 32.2. The Morgan fingerprint density at radius 1 is 1.14 bits per heavy atom. The number of nitrogens with zero attached hydrogens (tertiary/aromatic N) is 1. The first-order valence-corrected chi connectivity index (χ1v) is 10.4. The van der Waals surface area contributed by atoms with Gasteiger partial charge in [0.1, 0.15) is 11.6 Å². The van der Waals surface area contributed by atoms with E-state index in [1.807, 2.05) is 6.07 Å². The summed E-state index contributed by atoms with van der Waals surface area (Å²) in [7, 11) is -3.46. The van der Waals surface area contributed by atoms with Crippen molar-refractivity contribution in [3.8, 4) is 11.8 Å². The Balaban J connectivity index is 1.87. The lowest BCUT2D eigenvalue weighted by Crippen LogP contribution is -2.33. The fourth-order valence-electron chi connectivity index (χ4n) is 2.54. The molecular weight excluding hydrogens is 383 g/mol. The third-order valence-electron chi connectivity index (χ3n) is 4.18. The van der Waals surface area contributed by atoms with Crippen molar-refractivity contribution < 1.29 is 22.3 Å². The van der Waals surface area contributed by atoms with E-state index in [4.69, 9.17) is 10.00 Å². The molecule has 148 valence electrons. The molecule has 0 heterocycles. The summed E-state index contributed by atoms with van der Waals surface area (Å²) in [4.78, 5) is 11.8. The van der Waals surface area contributed by atoms with E-state index in [1.54, 1.807) is 38.1 Å². The van der Waals surface area contributed by atoms with Crippen molar-refractivity contribution >= 4 is 15.9 Å². The fraction of sp³-hybridized carbons (Fsp3) is 0.300. The topological polar surface area (TPSA) is 96.3 Å². The van der Waals surface area contributed by atoms with Gasteiger partial charge in [0.05, 0.1) is 22.6 Å². The Morgan fingerprint density at radius 2 is 1.75 bits per heavy atom. The van der Waals surface area contributed by atoms with Crippen LogP contribution in [0.4, 0.5) is 9.18 Å². The molecule has 2 unspecified atom stereocenters. The maximum Gasteiger partial charge on any atom is 0.412 e. The molecular formula is C20H21FN2O4S. The van der Waals surface area contributed by atoms with Crippen LogP contribution in [0.1, 0.15) is 30.2 Å². The summed E-state index contributed by atoms with van der Waals surface area (Å²) in [5, 5.41) is 10.6. The molecule has 0 radical (unpaired) electrons. The molecule has 0 bridgehead atoms. The maximum absolute atomic E-state index is 12.8. The zero-order chi connectivity index (χ0) is 20.7. The number of hydrogen-bond donors (Lipinski definition) is 1. The average molecular weight is 404 g/mol.